The van der Waals surface area contributed by atoms with Crippen LogP contribution < -0.4 is 5.32 Å². The lowest BCUT2D eigenvalue weighted by molar-refractivity contribution is -0.141. The first-order valence-corrected chi connectivity index (χ1v) is 6.78. The van der Waals surface area contributed by atoms with Crippen LogP contribution in [0.2, 0.25) is 0 Å². The molecule has 0 aliphatic rings. The highest BCUT2D eigenvalue weighted by Crippen LogP contribution is 2.12. The van der Waals surface area contributed by atoms with Crippen molar-refractivity contribution in [2.75, 3.05) is 0 Å². The summed E-state index contributed by atoms with van der Waals surface area (Å²) in [6.45, 7) is 9.68. The Morgan fingerprint density at radius 2 is 1.61 bits per heavy atom. The predicted octanol–water partition coefficient (Wildman–Crippen LogP) is 2.67. The van der Waals surface area contributed by atoms with E-state index in [1.54, 1.807) is 6.92 Å². The number of nitrogens with one attached hydrogen (secondary N) is 1. The van der Waals surface area contributed by atoms with Gasteiger partial charge in [0.05, 0.1) is 5.92 Å². The number of carbonyl (C=O) groups is 2. The van der Waals surface area contributed by atoms with Crippen molar-refractivity contribution in [1.82, 2.24) is 5.32 Å². The van der Waals surface area contributed by atoms with Gasteiger partial charge in [-0.15, -0.1) is 0 Å². The van der Waals surface area contributed by atoms with Crippen molar-refractivity contribution in [2.45, 2.75) is 59.9 Å². The summed E-state index contributed by atoms with van der Waals surface area (Å²) in [6, 6.07) is 0.111. The summed E-state index contributed by atoms with van der Waals surface area (Å²) >= 11 is 0. The lowest BCUT2D eigenvalue weighted by Crippen LogP contribution is -2.38. The van der Waals surface area contributed by atoms with Crippen molar-refractivity contribution in [2.24, 2.45) is 17.8 Å². The normalized spacial score (nSPS) is 16.1. The molecule has 0 aromatic heterocycles. The van der Waals surface area contributed by atoms with E-state index in [4.69, 9.17) is 5.11 Å². The zero-order valence-electron chi connectivity index (χ0n) is 12.2. The Kier molecular flexibility index (Phi) is 7.64. The third-order valence-electron chi connectivity index (χ3n) is 3.50. The Morgan fingerprint density at radius 3 is 2.06 bits per heavy atom. The van der Waals surface area contributed by atoms with Gasteiger partial charge in [0.15, 0.2) is 0 Å². The van der Waals surface area contributed by atoms with Crippen LogP contribution in [0.1, 0.15) is 53.9 Å². The number of aliphatic carboxylic acids is 1. The molecule has 3 unspecified atom stereocenters. The van der Waals surface area contributed by atoms with E-state index in [1.807, 2.05) is 27.7 Å². The molecule has 0 spiro atoms. The molecule has 0 aliphatic heterocycles. The highest BCUT2D eigenvalue weighted by Gasteiger charge is 2.18. The lowest BCUT2D eigenvalue weighted by atomic mass is 9.96. The summed E-state index contributed by atoms with van der Waals surface area (Å²) in [5.41, 5.74) is 0. The first-order valence-electron chi connectivity index (χ1n) is 6.78. The van der Waals surface area contributed by atoms with Crippen molar-refractivity contribution in [1.29, 1.82) is 0 Å². The van der Waals surface area contributed by atoms with Crippen molar-refractivity contribution in [3.05, 3.63) is 0 Å². The average molecular weight is 257 g/mol. The van der Waals surface area contributed by atoms with E-state index in [1.165, 1.54) is 0 Å². The molecule has 0 radical (unpaired) electrons. The molecule has 106 valence electrons. The van der Waals surface area contributed by atoms with Crippen LogP contribution in [0.5, 0.6) is 0 Å². The third kappa shape index (κ3) is 6.62. The van der Waals surface area contributed by atoms with Crippen molar-refractivity contribution >= 4 is 11.9 Å². The van der Waals surface area contributed by atoms with Gasteiger partial charge < -0.3 is 10.4 Å². The molecule has 4 nitrogen and oxygen atoms in total. The van der Waals surface area contributed by atoms with Gasteiger partial charge in [0.25, 0.3) is 0 Å². The average Bonchev–Trinajstić information content (AvgIpc) is 2.27. The molecule has 0 fully saturated rings. The zero-order valence-corrected chi connectivity index (χ0v) is 12.2. The first-order chi connectivity index (χ1) is 8.25. The number of hydrogen-bond donors (Lipinski definition) is 2. The second-order valence-electron chi connectivity index (χ2n) is 5.61. The maximum atomic E-state index is 11.8. The topological polar surface area (TPSA) is 66.4 Å². The molecule has 0 rings (SSSR count). The third-order valence-corrected chi connectivity index (χ3v) is 3.50. The molecule has 18 heavy (non-hydrogen) atoms. The largest absolute Gasteiger partial charge is 0.481 e. The smallest absolute Gasteiger partial charge is 0.306 e. The minimum atomic E-state index is -0.750. The van der Waals surface area contributed by atoms with Crippen LogP contribution in [0.15, 0.2) is 0 Å². The van der Waals surface area contributed by atoms with Crippen LogP contribution in [0.3, 0.4) is 0 Å². The molecule has 0 aromatic rings. The number of carboxylic acid groups (broad SMARTS) is 1. The van der Waals surface area contributed by atoms with Gasteiger partial charge in [-0.25, -0.2) is 0 Å². The van der Waals surface area contributed by atoms with E-state index in [2.05, 4.69) is 5.32 Å². The van der Waals surface area contributed by atoms with Gasteiger partial charge in [-0.2, -0.15) is 0 Å². The van der Waals surface area contributed by atoms with Crippen LogP contribution in [-0.2, 0) is 9.59 Å². The molecule has 0 heterocycles. The van der Waals surface area contributed by atoms with E-state index in [-0.39, 0.29) is 23.8 Å². The monoisotopic (exact) mass is 257 g/mol. The van der Waals surface area contributed by atoms with Gasteiger partial charge in [-0.1, -0.05) is 34.1 Å². The standard InChI is InChI=1S/C14H27NO3/c1-9(2)12(5)13(16)15-11(4)8-6-7-10(3)14(17)18/h9-12H,6-8H2,1-5H3,(H,15,16)(H,17,18). The molecule has 0 saturated heterocycles. The summed E-state index contributed by atoms with van der Waals surface area (Å²) in [6.07, 6.45) is 2.31. The second-order valence-corrected chi connectivity index (χ2v) is 5.61. The zero-order chi connectivity index (χ0) is 14.3. The summed E-state index contributed by atoms with van der Waals surface area (Å²) in [5.74, 6) is -0.610. The van der Waals surface area contributed by atoms with Gasteiger partial charge in [0.1, 0.15) is 0 Å². The van der Waals surface area contributed by atoms with E-state index in [9.17, 15) is 9.59 Å². The molecular formula is C14H27NO3. The Morgan fingerprint density at radius 1 is 1.06 bits per heavy atom. The van der Waals surface area contributed by atoms with Gasteiger partial charge in [0.2, 0.25) is 5.91 Å². The molecule has 0 saturated carbocycles. The summed E-state index contributed by atoms with van der Waals surface area (Å²) in [7, 11) is 0. The molecule has 1 amide bonds. The van der Waals surface area contributed by atoms with Crippen LogP contribution in [0.25, 0.3) is 0 Å². The highest BCUT2D eigenvalue weighted by molar-refractivity contribution is 5.78. The molecule has 3 atom stereocenters. The van der Waals surface area contributed by atoms with Crippen molar-refractivity contribution in [3.8, 4) is 0 Å². The van der Waals surface area contributed by atoms with Crippen molar-refractivity contribution in [3.63, 3.8) is 0 Å². The maximum absolute atomic E-state index is 11.8. The summed E-state index contributed by atoms with van der Waals surface area (Å²) < 4.78 is 0. The Balaban J connectivity index is 3.87. The molecule has 0 bridgehead atoms. The molecule has 2 N–H and O–H groups in total. The summed E-state index contributed by atoms with van der Waals surface area (Å²) in [4.78, 5) is 22.4. The Labute approximate surface area is 110 Å². The molecule has 0 aliphatic carbocycles. The van der Waals surface area contributed by atoms with E-state index in [0.29, 0.717) is 12.3 Å². The fourth-order valence-corrected chi connectivity index (χ4v) is 1.60. The number of carboxylic acids is 1. The number of amides is 1. The van der Waals surface area contributed by atoms with Crippen LogP contribution in [-0.4, -0.2) is 23.0 Å². The number of hydrogen-bond acceptors (Lipinski definition) is 2. The summed E-state index contributed by atoms with van der Waals surface area (Å²) in [5, 5.41) is 11.7. The quantitative estimate of drug-likeness (QED) is 0.702. The highest BCUT2D eigenvalue weighted by atomic mass is 16.4. The fraction of sp³-hybridized carbons (Fsp3) is 0.857. The Hall–Kier alpha value is -1.06. The fourth-order valence-electron chi connectivity index (χ4n) is 1.60. The van der Waals surface area contributed by atoms with Gasteiger partial charge >= 0.3 is 5.97 Å². The van der Waals surface area contributed by atoms with Crippen LogP contribution in [0, 0.1) is 17.8 Å². The van der Waals surface area contributed by atoms with Gasteiger partial charge in [0, 0.05) is 12.0 Å². The predicted molar refractivity (Wildman–Crippen MR) is 72.3 cm³/mol. The number of rotatable bonds is 8. The van der Waals surface area contributed by atoms with Crippen molar-refractivity contribution < 1.29 is 14.7 Å². The number of carbonyl (C=O) groups excluding carboxylic acids is 1. The minimum absolute atomic E-state index is 0.0189. The molecule has 0 aromatic carbocycles. The van der Waals surface area contributed by atoms with Gasteiger partial charge in [-0.3, -0.25) is 9.59 Å². The second kappa shape index (κ2) is 8.11. The van der Waals surface area contributed by atoms with E-state index in [0.717, 1.165) is 12.8 Å². The lowest BCUT2D eigenvalue weighted by Gasteiger charge is -2.20. The SMILES string of the molecule is CC(CCCC(C)C(=O)O)NC(=O)C(C)C(C)C. The minimum Gasteiger partial charge on any atom is -0.481 e. The molecule has 4 heteroatoms. The van der Waals surface area contributed by atoms with E-state index < -0.39 is 5.97 Å². The maximum Gasteiger partial charge on any atom is 0.306 e. The molecular weight excluding hydrogens is 230 g/mol. The van der Waals surface area contributed by atoms with Gasteiger partial charge in [-0.05, 0) is 25.7 Å². The first kappa shape index (κ1) is 16.9. The van der Waals surface area contributed by atoms with Crippen LogP contribution >= 0.6 is 0 Å². The van der Waals surface area contributed by atoms with Crippen LogP contribution in [0.4, 0.5) is 0 Å². The Bertz CT molecular complexity index is 276. The van der Waals surface area contributed by atoms with E-state index >= 15 is 0 Å².